The largest absolute Gasteiger partial charge is 0.383 e. The van der Waals surface area contributed by atoms with Gasteiger partial charge in [0, 0.05) is 0 Å². The smallest absolute Gasteiger partial charge is 0.255 e. The fourth-order valence-electron chi connectivity index (χ4n) is 1.40. The van der Waals surface area contributed by atoms with Gasteiger partial charge in [0.25, 0.3) is 5.89 Å². The standard InChI is InChI=1S/C11H12FN3O2/c12-8-4-2-1-3-7(8)10-14-11(17-15-10)9(16)5-6-13/h1-4,9,16H,5-6,13H2. The van der Waals surface area contributed by atoms with Gasteiger partial charge < -0.3 is 15.4 Å². The minimum Gasteiger partial charge on any atom is -0.383 e. The van der Waals surface area contributed by atoms with Gasteiger partial charge in [-0.25, -0.2) is 4.39 Å². The number of aliphatic hydroxyl groups is 1. The Morgan fingerprint density at radius 3 is 2.88 bits per heavy atom. The van der Waals surface area contributed by atoms with E-state index in [4.69, 9.17) is 10.3 Å². The molecule has 1 aromatic carbocycles. The van der Waals surface area contributed by atoms with Gasteiger partial charge in [0.1, 0.15) is 11.9 Å². The predicted octanol–water partition coefficient (Wildman–Crippen LogP) is 1.26. The second kappa shape index (κ2) is 5.03. The SMILES string of the molecule is NCCC(O)c1nc(-c2ccccc2F)no1. The Morgan fingerprint density at radius 1 is 1.41 bits per heavy atom. The van der Waals surface area contributed by atoms with Gasteiger partial charge >= 0.3 is 0 Å². The van der Waals surface area contributed by atoms with Crippen LogP contribution >= 0.6 is 0 Å². The summed E-state index contributed by atoms with van der Waals surface area (Å²) in [6.45, 7) is 0.304. The van der Waals surface area contributed by atoms with Crippen molar-refractivity contribution in [1.29, 1.82) is 0 Å². The molecule has 0 bridgehead atoms. The van der Waals surface area contributed by atoms with E-state index in [0.29, 0.717) is 13.0 Å². The molecule has 1 heterocycles. The molecule has 0 spiro atoms. The number of nitrogens with two attached hydrogens (primary N) is 1. The van der Waals surface area contributed by atoms with Gasteiger partial charge in [-0.3, -0.25) is 0 Å². The fourth-order valence-corrected chi connectivity index (χ4v) is 1.40. The number of nitrogens with zero attached hydrogens (tertiary/aromatic N) is 2. The van der Waals surface area contributed by atoms with Gasteiger partial charge in [0.2, 0.25) is 5.82 Å². The van der Waals surface area contributed by atoms with Crippen LogP contribution in [0, 0.1) is 5.82 Å². The Hall–Kier alpha value is -1.79. The van der Waals surface area contributed by atoms with E-state index >= 15 is 0 Å². The Bertz CT molecular complexity index is 501. The molecule has 0 saturated heterocycles. The molecule has 0 amide bonds. The predicted molar refractivity (Wildman–Crippen MR) is 58.3 cm³/mol. The molecule has 2 rings (SSSR count). The molecule has 1 atom stereocenters. The fraction of sp³-hybridized carbons (Fsp3) is 0.273. The topological polar surface area (TPSA) is 85.2 Å². The van der Waals surface area contributed by atoms with E-state index in [1.807, 2.05) is 0 Å². The summed E-state index contributed by atoms with van der Waals surface area (Å²) in [7, 11) is 0. The molecule has 3 N–H and O–H groups in total. The van der Waals surface area contributed by atoms with Crippen molar-refractivity contribution >= 4 is 0 Å². The summed E-state index contributed by atoms with van der Waals surface area (Å²) >= 11 is 0. The maximum absolute atomic E-state index is 13.4. The number of hydrogen-bond acceptors (Lipinski definition) is 5. The van der Waals surface area contributed by atoms with Crippen LogP contribution in [0.5, 0.6) is 0 Å². The van der Waals surface area contributed by atoms with E-state index in [9.17, 15) is 9.50 Å². The highest BCUT2D eigenvalue weighted by Gasteiger charge is 2.17. The van der Waals surface area contributed by atoms with Crippen molar-refractivity contribution in [3.63, 3.8) is 0 Å². The van der Waals surface area contributed by atoms with E-state index in [0.717, 1.165) is 0 Å². The molecule has 0 aliphatic heterocycles. The van der Waals surface area contributed by atoms with Crippen molar-refractivity contribution < 1.29 is 14.0 Å². The molecule has 0 aliphatic carbocycles. The summed E-state index contributed by atoms with van der Waals surface area (Å²) in [5.41, 5.74) is 5.54. The Balaban J connectivity index is 2.27. The van der Waals surface area contributed by atoms with Crippen LogP contribution in [-0.2, 0) is 0 Å². The van der Waals surface area contributed by atoms with Crippen LogP contribution in [0.15, 0.2) is 28.8 Å². The molecule has 2 aromatic rings. The zero-order valence-electron chi connectivity index (χ0n) is 9.01. The molecule has 1 unspecified atom stereocenters. The molecule has 0 fully saturated rings. The minimum atomic E-state index is -0.909. The van der Waals surface area contributed by atoms with Crippen molar-refractivity contribution in [2.24, 2.45) is 5.73 Å². The molecule has 90 valence electrons. The lowest BCUT2D eigenvalue weighted by atomic mass is 10.2. The Labute approximate surface area is 97.1 Å². The van der Waals surface area contributed by atoms with Crippen LogP contribution < -0.4 is 5.73 Å². The summed E-state index contributed by atoms with van der Waals surface area (Å²) in [6.07, 6.45) is -0.591. The van der Waals surface area contributed by atoms with Crippen LogP contribution in [0.1, 0.15) is 18.4 Å². The zero-order valence-corrected chi connectivity index (χ0v) is 9.01. The lowest BCUT2D eigenvalue weighted by Gasteiger charge is -2.01. The number of halogens is 1. The summed E-state index contributed by atoms with van der Waals surface area (Å²) < 4.78 is 18.3. The molecule has 6 heteroatoms. The molecule has 0 aliphatic rings. The Morgan fingerprint density at radius 2 is 2.18 bits per heavy atom. The quantitative estimate of drug-likeness (QED) is 0.836. The molecule has 5 nitrogen and oxygen atoms in total. The third-order valence-corrected chi connectivity index (χ3v) is 2.28. The molecule has 0 saturated carbocycles. The molecule has 17 heavy (non-hydrogen) atoms. The monoisotopic (exact) mass is 237 g/mol. The third kappa shape index (κ3) is 2.48. The number of aliphatic hydroxyl groups excluding tert-OH is 1. The van der Waals surface area contributed by atoms with E-state index < -0.39 is 11.9 Å². The number of rotatable bonds is 4. The number of aromatic nitrogens is 2. The first-order valence-electron chi connectivity index (χ1n) is 5.19. The van der Waals surface area contributed by atoms with Gasteiger partial charge in [0.05, 0.1) is 5.56 Å². The highest BCUT2D eigenvalue weighted by atomic mass is 19.1. The molecular formula is C11H12FN3O2. The van der Waals surface area contributed by atoms with Crippen LogP contribution in [0.25, 0.3) is 11.4 Å². The average Bonchev–Trinajstić information content (AvgIpc) is 2.79. The van der Waals surface area contributed by atoms with Gasteiger partial charge in [-0.1, -0.05) is 17.3 Å². The maximum atomic E-state index is 13.4. The van der Waals surface area contributed by atoms with Crippen molar-refractivity contribution in [3.05, 3.63) is 36.0 Å². The Kier molecular flexibility index (Phi) is 3.46. The lowest BCUT2D eigenvalue weighted by molar-refractivity contribution is 0.127. The van der Waals surface area contributed by atoms with Gasteiger partial charge in [-0.05, 0) is 25.1 Å². The average molecular weight is 237 g/mol. The normalized spacial score (nSPS) is 12.6. The minimum absolute atomic E-state index is 0.0497. The van der Waals surface area contributed by atoms with Gasteiger partial charge in [0.15, 0.2) is 0 Å². The van der Waals surface area contributed by atoms with E-state index in [1.54, 1.807) is 18.2 Å². The van der Waals surface area contributed by atoms with E-state index in [1.165, 1.54) is 6.07 Å². The highest BCUT2D eigenvalue weighted by Crippen LogP contribution is 2.22. The zero-order chi connectivity index (χ0) is 12.3. The van der Waals surface area contributed by atoms with Crippen molar-refractivity contribution in [2.75, 3.05) is 6.54 Å². The second-order valence-electron chi connectivity index (χ2n) is 3.53. The van der Waals surface area contributed by atoms with Crippen molar-refractivity contribution in [2.45, 2.75) is 12.5 Å². The maximum Gasteiger partial charge on any atom is 0.255 e. The summed E-state index contributed by atoms with van der Waals surface area (Å²) in [5.74, 6) is -0.268. The first-order chi connectivity index (χ1) is 8.22. The van der Waals surface area contributed by atoms with Crippen molar-refractivity contribution in [1.82, 2.24) is 10.1 Å². The molecular weight excluding hydrogens is 225 g/mol. The van der Waals surface area contributed by atoms with Gasteiger partial charge in [-0.15, -0.1) is 0 Å². The highest BCUT2D eigenvalue weighted by molar-refractivity contribution is 5.54. The van der Waals surface area contributed by atoms with E-state index in [-0.39, 0.29) is 17.3 Å². The van der Waals surface area contributed by atoms with Crippen molar-refractivity contribution in [3.8, 4) is 11.4 Å². The first kappa shape index (κ1) is 11.7. The first-order valence-corrected chi connectivity index (χ1v) is 5.19. The number of hydrogen-bond donors (Lipinski definition) is 2. The lowest BCUT2D eigenvalue weighted by Crippen LogP contribution is -2.06. The summed E-state index contributed by atoms with van der Waals surface area (Å²) in [4.78, 5) is 3.94. The number of benzene rings is 1. The molecule has 1 aromatic heterocycles. The van der Waals surface area contributed by atoms with E-state index in [2.05, 4.69) is 10.1 Å². The molecule has 0 radical (unpaired) electrons. The van der Waals surface area contributed by atoms with Crippen LogP contribution in [-0.4, -0.2) is 21.8 Å². The van der Waals surface area contributed by atoms with Gasteiger partial charge in [-0.2, -0.15) is 4.98 Å². The summed E-state index contributed by atoms with van der Waals surface area (Å²) in [5, 5.41) is 13.2. The van der Waals surface area contributed by atoms with Crippen LogP contribution in [0.3, 0.4) is 0 Å². The van der Waals surface area contributed by atoms with Crippen LogP contribution in [0.4, 0.5) is 4.39 Å². The van der Waals surface area contributed by atoms with Crippen LogP contribution in [0.2, 0.25) is 0 Å². The summed E-state index contributed by atoms with van der Waals surface area (Å²) in [6, 6.07) is 6.09. The third-order valence-electron chi connectivity index (χ3n) is 2.28. The second-order valence-corrected chi connectivity index (χ2v) is 3.53.